The molecule has 150 valence electrons. The fourth-order valence-electron chi connectivity index (χ4n) is 3.31. The molecule has 1 heterocycles. The lowest BCUT2D eigenvalue weighted by Gasteiger charge is -2.12. The Kier molecular flexibility index (Phi) is 5.73. The van der Waals surface area contributed by atoms with Gasteiger partial charge in [0.05, 0.1) is 12.7 Å². The Hall–Kier alpha value is -3.54. The highest BCUT2D eigenvalue weighted by Gasteiger charge is 2.17. The number of carbonyl (C=O) groups excluding carboxylic acids is 2. The predicted molar refractivity (Wildman–Crippen MR) is 114 cm³/mol. The Morgan fingerprint density at radius 3 is 2.31 bits per heavy atom. The van der Waals surface area contributed by atoms with Gasteiger partial charge in [0.15, 0.2) is 0 Å². The summed E-state index contributed by atoms with van der Waals surface area (Å²) in [5.41, 5.74) is 4.44. The second-order valence-electron chi connectivity index (χ2n) is 7.05. The summed E-state index contributed by atoms with van der Waals surface area (Å²) < 4.78 is 7.24. The van der Waals surface area contributed by atoms with Crippen molar-refractivity contribution in [3.8, 4) is 11.4 Å². The normalized spacial score (nSPS) is 10.5. The van der Waals surface area contributed by atoms with Crippen LogP contribution in [0.25, 0.3) is 5.69 Å². The molecule has 3 rings (SSSR count). The molecule has 6 heteroatoms. The summed E-state index contributed by atoms with van der Waals surface area (Å²) in [6, 6.07) is 16.5. The number of methoxy groups -OCH3 is 1. The number of aromatic nitrogens is 1. The minimum Gasteiger partial charge on any atom is -0.497 e. The molecular formula is C23H25N3O3. The molecule has 0 aliphatic heterocycles. The Bertz CT molecular complexity index is 1050. The molecule has 0 unspecified atom stereocenters. The van der Waals surface area contributed by atoms with Gasteiger partial charge in [-0.1, -0.05) is 6.07 Å². The van der Waals surface area contributed by atoms with Gasteiger partial charge < -0.3 is 19.5 Å². The first-order valence-electron chi connectivity index (χ1n) is 9.28. The smallest absolute Gasteiger partial charge is 0.257 e. The van der Waals surface area contributed by atoms with Gasteiger partial charge in [0.25, 0.3) is 11.8 Å². The van der Waals surface area contributed by atoms with Crippen molar-refractivity contribution >= 4 is 17.5 Å². The first-order valence-corrected chi connectivity index (χ1v) is 9.28. The summed E-state index contributed by atoms with van der Waals surface area (Å²) in [4.78, 5) is 26.6. The van der Waals surface area contributed by atoms with E-state index in [-0.39, 0.29) is 11.8 Å². The number of hydrogen-bond acceptors (Lipinski definition) is 3. The monoisotopic (exact) mass is 391 g/mol. The maximum absolute atomic E-state index is 12.9. The van der Waals surface area contributed by atoms with Crippen LogP contribution in [0.2, 0.25) is 0 Å². The molecule has 1 N–H and O–H groups in total. The summed E-state index contributed by atoms with van der Waals surface area (Å²) in [5.74, 6) is 0.451. The third-order valence-corrected chi connectivity index (χ3v) is 4.78. The molecule has 0 saturated heterocycles. The van der Waals surface area contributed by atoms with Crippen LogP contribution in [0.1, 0.15) is 32.1 Å². The van der Waals surface area contributed by atoms with Crippen molar-refractivity contribution in [2.75, 3.05) is 26.5 Å². The van der Waals surface area contributed by atoms with Gasteiger partial charge in [-0.3, -0.25) is 9.59 Å². The van der Waals surface area contributed by atoms with Crippen molar-refractivity contribution in [2.45, 2.75) is 13.8 Å². The van der Waals surface area contributed by atoms with Gasteiger partial charge in [-0.05, 0) is 62.4 Å². The minimum absolute atomic E-state index is 0.112. The number of anilines is 1. The van der Waals surface area contributed by atoms with E-state index >= 15 is 0 Å². The Labute approximate surface area is 170 Å². The topological polar surface area (TPSA) is 63.6 Å². The van der Waals surface area contributed by atoms with Crippen LogP contribution in [0, 0.1) is 13.8 Å². The molecule has 2 amide bonds. The van der Waals surface area contributed by atoms with E-state index in [9.17, 15) is 9.59 Å². The van der Waals surface area contributed by atoms with Crippen LogP contribution >= 0.6 is 0 Å². The highest BCUT2D eigenvalue weighted by atomic mass is 16.5. The zero-order valence-corrected chi connectivity index (χ0v) is 17.3. The number of carbonyl (C=O) groups is 2. The molecule has 0 spiro atoms. The van der Waals surface area contributed by atoms with Gasteiger partial charge in [-0.15, -0.1) is 0 Å². The van der Waals surface area contributed by atoms with E-state index in [0.717, 1.165) is 22.8 Å². The van der Waals surface area contributed by atoms with Crippen LogP contribution in [-0.2, 0) is 0 Å². The zero-order chi connectivity index (χ0) is 21.1. The average molecular weight is 391 g/mol. The van der Waals surface area contributed by atoms with Crippen molar-refractivity contribution in [2.24, 2.45) is 0 Å². The molecular weight excluding hydrogens is 366 g/mol. The van der Waals surface area contributed by atoms with E-state index in [1.165, 1.54) is 4.90 Å². The Morgan fingerprint density at radius 1 is 1.00 bits per heavy atom. The number of nitrogens with zero attached hydrogens (tertiary/aromatic N) is 2. The number of rotatable bonds is 5. The average Bonchev–Trinajstić information content (AvgIpc) is 3.01. The van der Waals surface area contributed by atoms with Crippen LogP contribution in [0.5, 0.6) is 5.75 Å². The van der Waals surface area contributed by atoms with Crippen molar-refractivity contribution < 1.29 is 14.3 Å². The summed E-state index contributed by atoms with van der Waals surface area (Å²) >= 11 is 0. The second-order valence-corrected chi connectivity index (χ2v) is 7.05. The predicted octanol–water partition coefficient (Wildman–Crippen LogP) is 4.06. The highest BCUT2D eigenvalue weighted by Crippen LogP contribution is 2.24. The molecule has 0 saturated carbocycles. The number of nitrogens with one attached hydrogen (secondary N) is 1. The summed E-state index contributed by atoms with van der Waals surface area (Å²) in [5, 5.41) is 2.90. The summed E-state index contributed by atoms with van der Waals surface area (Å²) in [6.07, 6.45) is 0. The number of amides is 2. The lowest BCUT2D eigenvalue weighted by Crippen LogP contribution is -2.22. The van der Waals surface area contributed by atoms with Crippen molar-refractivity contribution in [3.63, 3.8) is 0 Å². The molecule has 0 aliphatic rings. The Morgan fingerprint density at radius 2 is 1.69 bits per heavy atom. The third kappa shape index (κ3) is 4.16. The number of aryl methyl sites for hydroxylation is 1. The molecule has 0 atom stereocenters. The highest BCUT2D eigenvalue weighted by molar-refractivity contribution is 6.06. The molecule has 3 aromatic rings. The maximum Gasteiger partial charge on any atom is 0.257 e. The molecule has 0 aliphatic carbocycles. The molecule has 6 nitrogen and oxygen atoms in total. The van der Waals surface area contributed by atoms with Gasteiger partial charge in [-0.2, -0.15) is 0 Å². The largest absolute Gasteiger partial charge is 0.497 e. The summed E-state index contributed by atoms with van der Waals surface area (Å²) in [6.45, 7) is 3.88. The van der Waals surface area contributed by atoms with Crippen LogP contribution in [0.3, 0.4) is 0 Å². The van der Waals surface area contributed by atoms with Gasteiger partial charge in [0.1, 0.15) is 5.75 Å². The van der Waals surface area contributed by atoms with Crippen LogP contribution < -0.4 is 10.1 Å². The summed E-state index contributed by atoms with van der Waals surface area (Å²) in [7, 11) is 5.02. The molecule has 1 aromatic heterocycles. The van der Waals surface area contributed by atoms with Crippen LogP contribution in [0.4, 0.5) is 5.69 Å². The lowest BCUT2D eigenvalue weighted by atomic mass is 10.1. The van der Waals surface area contributed by atoms with E-state index in [1.54, 1.807) is 45.5 Å². The van der Waals surface area contributed by atoms with Crippen molar-refractivity contribution in [3.05, 3.63) is 77.1 Å². The molecule has 2 aromatic carbocycles. The second kappa shape index (κ2) is 8.22. The molecule has 0 bridgehead atoms. The molecule has 0 radical (unpaired) electrons. The van der Waals surface area contributed by atoms with Crippen molar-refractivity contribution in [1.82, 2.24) is 9.47 Å². The first kappa shape index (κ1) is 20.2. The van der Waals surface area contributed by atoms with Crippen LogP contribution in [0.15, 0.2) is 54.6 Å². The number of ether oxygens (including phenoxy) is 1. The van der Waals surface area contributed by atoms with Crippen molar-refractivity contribution in [1.29, 1.82) is 0 Å². The SMILES string of the molecule is COc1ccc(-n2c(C)cc(C(=O)Nc3cccc(C(=O)N(C)C)c3)c2C)cc1. The fraction of sp³-hybridized carbons (Fsp3) is 0.217. The van der Waals surface area contributed by atoms with E-state index < -0.39 is 0 Å². The van der Waals surface area contributed by atoms with Gasteiger partial charge in [-0.25, -0.2) is 0 Å². The maximum atomic E-state index is 12.9. The quantitative estimate of drug-likeness (QED) is 0.713. The molecule has 29 heavy (non-hydrogen) atoms. The number of hydrogen-bond donors (Lipinski definition) is 1. The Balaban J connectivity index is 1.87. The van der Waals surface area contributed by atoms with E-state index in [0.29, 0.717) is 16.8 Å². The minimum atomic E-state index is -0.215. The van der Waals surface area contributed by atoms with Crippen LogP contribution in [-0.4, -0.2) is 42.5 Å². The van der Waals surface area contributed by atoms with Gasteiger partial charge in [0, 0.05) is 42.4 Å². The lowest BCUT2D eigenvalue weighted by molar-refractivity contribution is 0.0827. The number of benzene rings is 2. The fourth-order valence-corrected chi connectivity index (χ4v) is 3.31. The van der Waals surface area contributed by atoms with E-state index in [2.05, 4.69) is 5.32 Å². The third-order valence-electron chi connectivity index (χ3n) is 4.78. The van der Waals surface area contributed by atoms with Gasteiger partial charge in [0.2, 0.25) is 0 Å². The van der Waals surface area contributed by atoms with Gasteiger partial charge >= 0.3 is 0 Å². The first-order chi connectivity index (χ1) is 13.8. The molecule has 0 fully saturated rings. The van der Waals surface area contributed by atoms with E-state index in [1.807, 2.05) is 48.7 Å². The zero-order valence-electron chi connectivity index (χ0n) is 17.3. The standard InChI is InChI=1S/C23H25N3O3/c1-15-13-21(16(2)26(15)19-9-11-20(29-5)12-10-19)22(27)24-18-8-6-7-17(14-18)23(28)25(3)4/h6-14H,1-5H3,(H,24,27). The van der Waals surface area contributed by atoms with E-state index in [4.69, 9.17) is 4.74 Å².